The Balaban J connectivity index is 2.23. The van der Waals surface area contributed by atoms with Gasteiger partial charge in [-0.25, -0.2) is 4.98 Å². The lowest BCUT2D eigenvalue weighted by Gasteiger charge is -2.18. The summed E-state index contributed by atoms with van der Waals surface area (Å²) in [4.78, 5) is 18.8. The average molecular weight is 277 g/mol. The summed E-state index contributed by atoms with van der Waals surface area (Å²) in [5.41, 5.74) is 1.59. The molecule has 2 heterocycles. The number of nitrogens with zero attached hydrogens (tertiary/aromatic N) is 2. The van der Waals surface area contributed by atoms with E-state index in [1.807, 2.05) is 11.0 Å². The fraction of sp³-hybridized carbons (Fsp3) is 0.600. The van der Waals surface area contributed by atoms with E-state index in [0.717, 1.165) is 24.5 Å². The maximum Gasteiger partial charge on any atom is 0.254 e. The number of aromatic nitrogens is 1. The Morgan fingerprint density at radius 3 is 2.85 bits per heavy atom. The van der Waals surface area contributed by atoms with E-state index >= 15 is 0 Å². The van der Waals surface area contributed by atoms with Crippen molar-refractivity contribution in [3.8, 4) is 0 Å². The molecular weight excluding hydrogens is 254 g/mol. The summed E-state index contributed by atoms with van der Waals surface area (Å²) >= 11 is 0. The van der Waals surface area contributed by atoms with E-state index in [2.05, 4.69) is 24.1 Å². The zero-order chi connectivity index (χ0) is 14.7. The summed E-state index contributed by atoms with van der Waals surface area (Å²) in [6.07, 6.45) is 0.878. The molecule has 110 valence electrons. The number of hydrogen-bond donors (Lipinski definition) is 2. The van der Waals surface area contributed by atoms with Gasteiger partial charge >= 0.3 is 0 Å². The highest BCUT2D eigenvalue weighted by Crippen LogP contribution is 2.22. The Kier molecular flexibility index (Phi) is 4.60. The number of nitrogens with one attached hydrogen (secondary N) is 1. The van der Waals surface area contributed by atoms with Gasteiger partial charge in [-0.15, -0.1) is 0 Å². The van der Waals surface area contributed by atoms with Crippen LogP contribution in [0.15, 0.2) is 12.1 Å². The molecule has 5 heteroatoms. The quantitative estimate of drug-likeness (QED) is 0.879. The normalized spacial score (nSPS) is 18.6. The first-order valence-electron chi connectivity index (χ1n) is 7.15. The Morgan fingerprint density at radius 2 is 2.30 bits per heavy atom. The minimum Gasteiger partial charge on any atom is -0.396 e. The van der Waals surface area contributed by atoms with E-state index in [1.54, 1.807) is 13.1 Å². The summed E-state index contributed by atoms with van der Waals surface area (Å²) in [5, 5.41) is 12.2. The Bertz CT molecular complexity index is 488. The molecule has 1 fully saturated rings. The second kappa shape index (κ2) is 6.22. The van der Waals surface area contributed by atoms with Crippen molar-refractivity contribution in [1.82, 2.24) is 9.88 Å². The molecule has 1 unspecified atom stereocenters. The summed E-state index contributed by atoms with van der Waals surface area (Å²) in [7, 11) is 1.80. The molecule has 1 aliphatic heterocycles. The van der Waals surface area contributed by atoms with E-state index in [4.69, 9.17) is 0 Å². The highest BCUT2D eigenvalue weighted by atomic mass is 16.3. The molecule has 1 aliphatic rings. The highest BCUT2D eigenvalue weighted by Gasteiger charge is 2.27. The molecule has 0 aliphatic carbocycles. The molecule has 1 amide bonds. The number of aliphatic hydroxyl groups excluding tert-OH is 1. The van der Waals surface area contributed by atoms with Gasteiger partial charge in [-0.2, -0.15) is 0 Å². The van der Waals surface area contributed by atoms with Gasteiger partial charge in [-0.05, 0) is 24.5 Å². The molecule has 1 aromatic heterocycles. The zero-order valence-electron chi connectivity index (χ0n) is 12.4. The number of hydrogen-bond acceptors (Lipinski definition) is 4. The lowest BCUT2D eigenvalue weighted by molar-refractivity contribution is 0.0781. The van der Waals surface area contributed by atoms with Crippen molar-refractivity contribution in [2.45, 2.75) is 26.2 Å². The molecule has 1 saturated heterocycles. The molecule has 5 nitrogen and oxygen atoms in total. The van der Waals surface area contributed by atoms with Crippen LogP contribution in [0, 0.1) is 5.92 Å². The molecule has 0 radical (unpaired) electrons. The van der Waals surface area contributed by atoms with Crippen LogP contribution in [0.5, 0.6) is 0 Å². The van der Waals surface area contributed by atoms with Gasteiger partial charge < -0.3 is 15.3 Å². The van der Waals surface area contributed by atoms with E-state index in [1.165, 1.54) is 0 Å². The third kappa shape index (κ3) is 3.10. The first-order valence-corrected chi connectivity index (χ1v) is 7.15. The smallest absolute Gasteiger partial charge is 0.254 e. The molecule has 0 spiro atoms. The van der Waals surface area contributed by atoms with Crippen molar-refractivity contribution >= 4 is 11.7 Å². The second-order valence-corrected chi connectivity index (χ2v) is 5.66. The van der Waals surface area contributed by atoms with Gasteiger partial charge in [0.15, 0.2) is 0 Å². The van der Waals surface area contributed by atoms with Crippen LogP contribution in [-0.2, 0) is 0 Å². The van der Waals surface area contributed by atoms with Crippen molar-refractivity contribution in [3.63, 3.8) is 0 Å². The van der Waals surface area contributed by atoms with Crippen molar-refractivity contribution in [1.29, 1.82) is 0 Å². The third-order valence-corrected chi connectivity index (χ3v) is 3.77. The predicted octanol–water partition coefficient (Wildman–Crippen LogP) is 1.70. The summed E-state index contributed by atoms with van der Waals surface area (Å²) in [5.74, 6) is 1.24. The minimum absolute atomic E-state index is 0.0294. The molecule has 0 saturated carbocycles. The number of anilines is 1. The van der Waals surface area contributed by atoms with Gasteiger partial charge in [0.05, 0.1) is 0 Å². The van der Waals surface area contributed by atoms with Crippen LogP contribution in [0.1, 0.15) is 42.2 Å². The highest BCUT2D eigenvalue weighted by molar-refractivity contribution is 5.95. The predicted molar refractivity (Wildman–Crippen MR) is 79.0 cm³/mol. The Morgan fingerprint density at radius 1 is 1.55 bits per heavy atom. The molecule has 2 rings (SSSR count). The number of carbonyl (C=O) groups excluding carboxylic acids is 1. The lowest BCUT2D eigenvalue weighted by atomic mass is 10.1. The van der Waals surface area contributed by atoms with Crippen molar-refractivity contribution in [2.24, 2.45) is 5.92 Å². The molecule has 2 N–H and O–H groups in total. The average Bonchev–Trinajstić information content (AvgIpc) is 2.94. The third-order valence-electron chi connectivity index (χ3n) is 3.77. The fourth-order valence-corrected chi connectivity index (χ4v) is 2.45. The van der Waals surface area contributed by atoms with Crippen LogP contribution in [-0.4, -0.2) is 47.6 Å². The number of pyridine rings is 1. The van der Waals surface area contributed by atoms with Gasteiger partial charge in [0.2, 0.25) is 0 Å². The minimum atomic E-state index is 0.0294. The number of carbonyl (C=O) groups is 1. The summed E-state index contributed by atoms with van der Waals surface area (Å²) < 4.78 is 0. The van der Waals surface area contributed by atoms with E-state index in [-0.39, 0.29) is 24.3 Å². The number of rotatable bonds is 4. The molecule has 1 aromatic rings. The summed E-state index contributed by atoms with van der Waals surface area (Å²) in [6, 6.07) is 3.67. The van der Waals surface area contributed by atoms with E-state index < -0.39 is 0 Å². The van der Waals surface area contributed by atoms with Crippen molar-refractivity contribution < 1.29 is 9.90 Å². The topological polar surface area (TPSA) is 65.5 Å². The van der Waals surface area contributed by atoms with Gasteiger partial charge in [0.1, 0.15) is 5.82 Å². The first kappa shape index (κ1) is 14.8. The molecule has 0 bridgehead atoms. The maximum atomic E-state index is 12.5. The van der Waals surface area contributed by atoms with Crippen molar-refractivity contribution in [3.05, 3.63) is 23.4 Å². The van der Waals surface area contributed by atoms with Gasteiger partial charge in [-0.3, -0.25) is 4.79 Å². The zero-order valence-corrected chi connectivity index (χ0v) is 12.4. The Labute approximate surface area is 120 Å². The number of amides is 1. The first-order chi connectivity index (χ1) is 9.55. The standard InChI is InChI=1S/C15H23N3O2/c1-10(2)13-6-12(7-14(16-3)17-13)15(20)18-5-4-11(8-18)9-19/h6-7,10-11,19H,4-5,8-9H2,1-3H3,(H,16,17). The van der Waals surface area contributed by atoms with Gasteiger partial charge in [0.25, 0.3) is 5.91 Å². The monoisotopic (exact) mass is 277 g/mol. The van der Waals surface area contributed by atoms with Gasteiger partial charge in [-0.1, -0.05) is 13.8 Å². The number of likely N-dealkylation sites (tertiary alicyclic amines) is 1. The van der Waals surface area contributed by atoms with Crippen LogP contribution < -0.4 is 5.32 Å². The van der Waals surface area contributed by atoms with Crippen LogP contribution >= 0.6 is 0 Å². The van der Waals surface area contributed by atoms with Crippen LogP contribution in [0.25, 0.3) is 0 Å². The van der Waals surface area contributed by atoms with Gasteiger partial charge in [0, 0.05) is 43.9 Å². The molecule has 1 atom stereocenters. The SMILES string of the molecule is CNc1cc(C(=O)N2CCC(CO)C2)cc(C(C)C)n1. The lowest BCUT2D eigenvalue weighted by Crippen LogP contribution is -2.29. The van der Waals surface area contributed by atoms with E-state index in [9.17, 15) is 9.90 Å². The van der Waals surface area contributed by atoms with E-state index in [0.29, 0.717) is 12.1 Å². The molecular formula is C15H23N3O2. The maximum absolute atomic E-state index is 12.5. The van der Waals surface area contributed by atoms with Crippen LogP contribution in [0.4, 0.5) is 5.82 Å². The second-order valence-electron chi connectivity index (χ2n) is 5.66. The fourth-order valence-electron chi connectivity index (χ4n) is 2.45. The summed E-state index contributed by atoms with van der Waals surface area (Å²) in [6.45, 7) is 5.64. The molecule has 0 aromatic carbocycles. The van der Waals surface area contributed by atoms with Crippen molar-refractivity contribution in [2.75, 3.05) is 32.1 Å². The Hall–Kier alpha value is -1.62. The largest absolute Gasteiger partial charge is 0.396 e. The number of aliphatic hydroxyl groups is 1. The molecule has 20 heavy (non-hydrogen) atoms. The van der Waals surface area contributed by atoms with Crippen LogP contribution in [0.2, 0.25) is 0 Å². The van der Waals surface area contributed by atoms with Crippen LogP contribution in [0.3, 0.4) is 0 Å².